The summed E-state index contributed by atoms with van der Waals surface area (Å²) in [4.78, 5) is 15.5. The van der Waals surface area contributed by atoms with Crippen LogP contribution in [0.1, 0.15) is 25.7 Å². The van der Waals surface area contributed by atoms with E-state index in [0.29, 0.717) is 6.54 Å². The lowest BCUT2D eigenvalue weighted by Gasteiger charge is -2.27. The summed E-state index contributed by atoms with van der Waals surface area (Å²) in [5.41, 5.74) is 0.866. The third-order valence-corrected chi connectivity index (χ3v) is 4.73. The summed E-state index contributed by atoms with van der Waals surface area (Å²) in [6.07, 6.45) is 6.40. The van der Waals surface area contributed by atoms with E-state index in [9.17, 15) is 9.90 Å². The van der Waals surface area contributed by atoms with Gasteiger partial charge in [0.2, 0.25) is 5.91 Å². The smallest absolute Gasteiger partial charge is 0.238 e. The summed E-state index contributed by atoms with van der Waals surface area (Å²) in [6, 6.07) is 7.95. The Balaban J connectivity index is 1.96. The van der Waals surface area contributed by atoms with Gasteiger partial charge in [-0.25, -0.2) is 0 Å². The average Bonchev–Trinajstić information content (AvgIpc) is 2.72. The summed E-state index contributed by atoms with van der Waals surface area (Å²) in [7, 11) is 0. The number of amides is 1. The van der Waals surface area contributed by atoms with Gasteiger partial charge >= 0.3 is 0 Å². The molecular formula is C16H24N2O2S. The number of anilines is 1. The molecule has 1 aliphatic heterocycles. The number of nitrogens with one attached hydrogen (secondary N) is 1. The molecule has 0 saturated carbocycles. The van der Waals surface area contributed by atoms with Gasteiger partial charge in [-0.2, -0.15) is 0 Å². The maximum Gasteiger partial charge on any atom is 0.238 e. The van der Waals surface area contributed by atoms with Gasteiger partial charge in [-0.15, -0.1) is 11.8 Å². The fourth-order valence-electron chi connectivity index (χ4n) is 2.77. The van der Waals surface area contributed by atoms with E-state index >= 15 is 0 Å². The first-order chi connectivity index (χ1) is 10.2. The van der Waals surface area contributed by atoms with E-state index in [0.717, 1.165) is 36.4 Å². The predicted molar refractivity (Wildman–Crippen MR) is 87.8 cm³/mol. The molecule has 5 heteroatoms. The van der Waals surface area contributed by atoms with E-state index in [4.69, 9.17) is 0 Å². The lowest BCUT2D eigenvalue weighted by molar-refractivity contribution is -0.118. The zero-order valence-electron chi connectivity index (χ0n) is 12.5. The molecule has 0 aliphatic carbocycles. The highest BCUT2D eigenvalue weighted by atomic mass is 32.2. The fourth-order valence-corrected chi connectivity index (χ4v) is 3.33. The first-order valence-corrected chi connectivity index (χ1v) is 8.75. The van der Waals surface area contributed by atoms with Crippen LogP contribution in [0.25, 0.3) is 0 Å². The Kier molecular flexibility index (Phi) is 6.54. The van der Waals surface area contributed by atoms with Crippen molar-refractivity contribution in [3.63, 3.8) is 0 Å². The summed E-state index contributed by atoms with van der Waals surface area (Å²) in [5, 5.41) is 12.5. The Morgan fingerprint density at radius 2 is 2.19 bits per heavy atom. The number of hydrogen-bond acceptors (Lipinski definition) is 4. The maximum absolute atomic E-state index is 12.3. The van der Waals surface area contributed by atoms with E-state index in [1.165, 1.54) is 6.42 Å². The molecule has 1 fully saturated rings. The summed E-state index contributed by atoms with van der Waals surface area (Å²) >= 11 is 1.62. The van der Waals surface area contributed by atoms with Crippen LogP contribution in [0.4, 0.5) is 5.69 Å². The molecule has 2 N–H and O–H groups in total. The molecule has 1 heterocycles. The summed E-state index contributed by atoms with van der Waals surface area (Å²) < 4.78 is 0. The van der Waals surface area contributed by atoms with Crippen molar-refractivity contribution in [2.45, 2.75) is 36.6 Å². The van der Waals surface area contributed by atoms with E-state index in [1.807, 2.05) is 30.5 Å². The molecule has 1 aromatic carbocycles. The second-order valence-electron chi connectivity index (χ2n) is 5.40. The van der Waals surface area contributed by atoms with Crippen LogP contribution in [0.15, 0.2) is 29.2 Å². The third kappa shape index (κ3) is 4.73. The number of para-hydroxylation sites is 1. The van der Waals surface area contributed by atoms with E-state index in [1.54, 1.807) is 11.8 Å². The number of thioether (sulfide) groups is 1. The van der Waals surface area contributed by atoms with Crippen LogP contribution in [0.3, 0.4) is 0 Å². The lowest BCUT2D eigenvalue weighted by Crippen LogP contribution is -2.42. The van der Waals surface area contributed by atoms with Crippen LogP contribution in [0, 0.1) is 0 Å². The highest BCUT2D eigenvalue weighted by molar-refractivity contribution is 7.98. The van der Waals surface area contributed by atoms with Crippen LogP contribution in [-0.2, 0) is 4.79 Å². The number of benzene rings is 1. The molecule has 1 aromatic rings. The molecule has 0 radical (unpaired) electrons. The van der Waals surface area contributed by atoms with Gasteiger partial charge in [-0.3, -0.25) is 9.69 Å². The Morgan fingerprint density at radius 1 is 1.38 bits per heavy atom. The first-order valence-electron chi connectivity index (χ1n) is 7.52. The van der Waals surface area contributed by atoms with Gasteiger partial charge in [0.1, 0.15) is 0 Å². The number of nitrogens with zero attached hydrogens (tertiary/aromatic N) is 1. The maximum atomic E-state index is 12.3. The normalized spacial score (nSPS) is 20.0. The number of carbonyl (C=O) groups excluding carboxylic acids is 1. The molecule has 2 rings (SSSR count). The van der Waals surface area contributed by atoms with Crippen LogP contribution in [-0.4, -0.2) is 47.9 Å². The zero-order valence-corrected chi connectivity index (χ0v) is 13.4. The Labute approximate surface area is 130 Å². The SMILES string of the molecule is CSc1ccccc1NC(=O)CN1CCCCCC1CO. The lowest BCUT2D eigenvalue weighted by atomic mass is 10.1. The van der Waals surface area contributed by atoms with Crippen molar-refractivity contribution in [3.05, 3.63) is 24.3 Å². The van der Waals surface area contributed by atoms with Crippen molar-refractivity contribution in [1.82, 2.24) is 4.90 Å². The van der Waals surface area contributed by atoms with Crippen LogP contribution < -0.4 is 5.32 Å². The largest absolute Gasteiger partial charge is 0.395 e. The number of aliphatic hydroxyl groups excluding tert-OH is 1. The molecule has 1 unspecified atom stereocenters. The van der Waals surface area contributed by atoms with Gasteiger partial charge in [0.15, 0.2) is 0 Å². The van der Waals surface area contributed by atoms with Crippen molar-refractivity contribution >= 4 is 23.4 Å². The zero-order chi connectivity index (χ0) is 15.1. The topological polar surface area (TPSA) is 52.6 Å². The van der Waals surface area contributed by atoms with Gasteiger partial charge in [-0.05, 0) is 37.8 Å². The van der Waals surface area contributed by atoms with E-state index < -0.39 is 0 Å². The van der Waals surface area contributed by atoms with Crippen LogP contribution >= 0.6 is 11.8 Å². The highest BCUT2D eigenvalue weighted by Gasteiger charge is 2.22. The predicted octanol–water partition coefficient (Wildman–Crippen LogP) is 2.58. The molecule has 1 saturated heterocycles. The van der Waals surface area contributed by atoms with Gasteiger partial charge in [0.25, 0.3) is 0 Å². The quantitative estimate of drug-likeness (QED) is 0.821. The molecular weight excluding hydrogens is 284 g/mol. The van der Waals surface area contributed by atoms with Crippen LogP contribution in [0.2, 0.25) is 0 Å². The number of aliphatic hydroxyl groups is 1. The minimum atomic E-state index is -0.00292. The van der Waals surface area contributed by atoms with Crippen molar-refractivity contribution in [2.24, 2.45) is 0 Å². The molecule has 116 valence electrons. The molecule has 1 amide bonds. The number of hydrogen-bond donors (Lipinski definition) is 2. The number of rotatable bonds is 5. The molecule has 4 nitrogen and oxygen atoms in total. The minimum absolute atomic E-state index is 0.00292. The first kappa shape index (κ1) is 16.3. The van der Waals surface area contributed by atoms with E-state index in [2.05, 4.69) is 10.2 Å². The fraction of sp³-hybridized carbons (Fsp3) is 0.562. The third-order valence-electron chi connectivity index (χ3n) is 3.94. The Hall–Kier alpha value is -1.04. The molecule has 1 atom stereocenters. The van der Waals surface area contributed by atoms with Gasteiger partial charge < -0.3 is 10.4 Å². The monoisotopic (exact) mass is 308 g/mol. The van der Waals surface area contributed by atoms with Crippen molar-refractivity contribution in [2.75, 3.05) is 31.3 Å². The van der Waals surface area contributed by atoms with Crippen LogP contribution in [0.5, 0.6) is 0 Å². The second kappa shape index (κ2) is 8.41. The Morgan fingerprint density at radius 3 is 2.95 bits per heavy atom. The average molecular weight is 308 g/mol. The van der Waals surface area contributed by atoms with Gasteiger partial charge in [-0.1, -0.05) is 25.0 Å². The molecule has 0 bridgehead atoms. The highest BCUT2D eigenvalue weighted by Crippen LogP contribution is 2.24. The second-order valence-corrected chi connectivity index (χ2v) is 6.25. The Bertz CT molecular complexity index is 467. The molecule has 21 heavy (non-hydrogen) atoms. The molecule has 0 aromatic heterocycles. The van der Waals surface area contributed by atoms with Crippen molar-refractivity contribution in [3.8, 4) is 0 Å². The number of likely N-dealkylation sites (tertiary alicyclic amines) is 1. The standard InChI is InChI=1S/C16H24N2O2S/c1-21-15-9-5-4-8-14(15)17-16(20)11-18-10-6-2-3-7-13(18)12-19/h4-5,8-9,13,19H,2-3,6-7,10-12H2,1H3,(H,17,20). The van der Waals surface area contributed by atoms with Crippen molar-refractivity contribution < 1.29 is 9.90 Å². The minimum Gasteiger partial charge on any atom is -0.395 e. The van der Waals surface area contributed by atoms with Gasteiger partial charge in [0.05, 0.1) is 18.8 Å². The molecule has 1 aliphatic rings. The van der Waals surface area contributed by atoms with E-state index in [-0.39, 0.29) is 18.6 Å². The summed E-state index contributed by atoms with van der Waals surface area (Å²) in [6.45, 7) is 1.38. The number of carbonyl (C=O) groups is 1. The van der Waals surface area contributed by atoms with Crippen molar-refractivity contribution in [1.29, 1.82) is 0 Å². The molecule has 0 spiro atoms. The summed E-state index contributed by atoms with van der Waals surface area (Å²) in [5.74, 6) is -0.00292. The van der Waals surface area contributed by atoms with Gasteiger partial charge in [0, 0.05) is 10.9 Å².